The Morgan fingerprint density at radius 3 is 2.75 bits per heavy atom. The first-order valence-electron chi connectivity index (χ1n) is 3.35. The van der Waals surface area contributed by atoms with Gasteiger partial charge < -0.3 is 9.84 Å². The molecule has 1 rings (SSSR count). The lowest BCUT2D eigenvalue weighted by atomic mass is 10.2. The third-order valence-corrected chi connectivity index (χ3v) is 2.04. The first-order chi connectivity index (χ1) is 5.69. The molecule has 0 fully saturated rings. The van der Waals surface area contributed by atoms with Crippen molar-refractivity contribution in [2.24, 2.45) is 0 Å². The molecular formula is C8H9ClO2S. The van der Waals surface area contributed by atoms with Crippen molar-refractivity contribution >= 4 is 24.2 Å². The van der Waals surface area contributed by atoms with Gasteiger partial charge >= 0.3 is 0 Å². The highest BCUT2D eigenvalue weighted by atomic mass is 35.5. The molecule has 1 aromatic rings. The maximum absolute atomic E-state index is 8.93. The second-order valence-corrected chi connectivity index (χ2v) is 3.19. The molecule has 0 bridgehead atoms. The van der Waals surface area contributed by atoms with Crippen molar-refractivity contribution in [3.05, 3.63) is 22.7 Å². The van der Waals surface area contributed by atoms with Crippen molar-refractivity contribution in [1.82, 2.24) is 0 Å². The van der Waals surface area contributed by atoms with Gasteiger partial charge in [0.1, 0.15) is 5.75 Å². The first-order valence-corrected chi connectivity index (χ1v) is 4.17. The van der Waals surface area contributed by atoms with Crippen LogP contribution in [-0.4, -0.2) is 12.2 Å². The smallest absolute Gasteiger partial charge is 0.137 e. The van der Waals surface area contributed by atoms with Gasteiger partial charge in [-0.1, -0.05) is 11.6 Å². The molecule has 0 aliphatic rings. The Labute approximate surface area is 81.5 Å². The maximum Gasteiger partial charge on any atom is 0.137 e. The lowest BCUT2D eigenvalue weighted by Gasteiger charge is -2.08. The van der Waals surface area contributed by atoms with E-state index in [2.05, 4.69) is 12.6 Å². The lowest BCUT2D eigenvalue weighted by Crippen LogP contribution is -1.93. The number of rotatable bonds is 2. The fourth-order valence-corrected chi connectivity index (χ4v) is 1.68. The minimum Gasteiger partial charge on any atom is -0.495 e. The number of aliphatic hydroxyl groups is 1. The summed E-state index contributed by atoms with van der Waals surface area (Å²) in [5, 5.41) is 9.47. The van der Waals surface area contributed by atoms with Crippen LogP contribution in [0.1, 0.15) is 5.56 Å². The van der Waals surface area contributed by atoms with E-state index in [0.717, 1.165) is 0 Å². The average molecular weight is 205 g/mol. The summed E-state index contributed by atoms with van der Waals surface area (Å²) < 4.78 is 5.03. The van der Waals surface area contributed by atoms with Gasteiger partial charge in [0.05, 0.1) is 13.7 Å². The molecule has 0 aromatic heterocycles. The third-order valence-electron chi connectivity index (χ3n) is 1.49. The normalized spacial score (nSPS) is 10.0. The molecule has 0 spiro atoms. The molecular weight excluding hydrogens is 196 g/mol. The summed E-state index contributed by atoms with van der Waals surface area (Å²) >= 11 is 9.89. The van der Waals surface area contributed by atoms with E-state index in [1.165, 1.54) is 7.11 Å². The molecule has 0 amide bonds. The largest absolute Gasteiger partial charge is 0.495 e. The Morgan fingerprint density at radius 1 is 1.58 bits per heavy atom. The Kier molecular flexibility index (Phi) is 3.26. The van der Waals surface area contributed by atoms with Crippen LogP contribution in [0.15, 0.2) is 17.0 Å². The number of hydrogen-bond donors (Lipinski definition) is 2. The van der Waals surface area contributed by atoms with Crippen molar-refractivity contribution < 1.29 is 9.84 Å². The van der Waals surface area contributed by atoms with Gasteiger partial charge in [-0.25, -0.2) is 0 Å². The van der Waals surface area contributed by atoms with Crippen LogP contribution >= 0.6 is 24.2 Å². The number of thiol groups is 1. The van der Waals surface area contributed by atoms with Gasteiger partial charge in [0.25, 0.3) is 0 Å². The molecule has 1 N–H and O–H groups in total. The number of methoxy groups -OCH3 is 1. The SMILES string of the molecule is COc1c(S)cc(Cl)cc1CO. The number of benzene rings is 1. The van der Waals surface area contributed by atoms with Crippen LogP contribution in [0.2, 0.25) is 5.02 Å². The number of aliphatic hydroxyl groups excluding tert-OH is 1. The van der Waals surface area contributed by atoms with E-state index in [0.29, 0.717) is 21.2 Å². The topological polar surface area (TPSA) is 29.5 Å². The van der Waals surface area contributed by atoms with Crippen LogP contribution in [-0.2, 0) is 6.61 Å². The highest BCUT2D eigenvalue weighted by Gasteiger charge is 2.06. The monoisotopic (exact) mass is 204 g/mol. The van der Waals surface area contributed by atoms with Gasteiger partial charge in [0.2, 0.25) is 0 Å². The van der Waals surface area contributed by atoms with E-state index in [9.17, 15) is 0 Å². The van der Waals surface area contributed by atoms with Crippen molar-refractivity contribution in [3.8, 4) is 5.75 Å². The van der Waals surface area contributed by atoms with Crippen LogP contribution in [0.4, 0.5) is 0 Å². The Bertz CT molecular complexity index is 289. The molecule has 0 unspecified atom stereocenters. The summed E-state index contributed by atoms with van der Waals surface area (Å²) in [6, 6.07) is 3.32. The van der Waals surface area contributed by atoms with E-state index >= 15 is 0 Å². The molecule has 0 atom stereocenters. The third kappa shape index (κ3) is 1.86. The quantitative estimate of drug-likeness (QED) is 0.723. The van der Waals surface area contributed by atoms with Gasteiger partial charge in [0, 0.05) is 15.5 Å². The lowest BCUT2D eigenvalue weighted by molar-refractivity contribution is 0.272. The van der Waals surface area contributed by atoms with Crippen LogP contribution in [0.5, 0.6) is 5.75 Å². The molecule has 1 aromatic carbocycles. The molecule has 2 nitrogen and oxygen atoms in total. The zero-order chi connectivity index (χ0) is 9.14. The molecule has 0 saturated carbocycles. The predicted molar refractivity (Wildman–Crippen MR) is 51.2 cm³/mol. The van der Waals surface area contributed by atoms with Crippen molar-refractivity contribution in [2.75, 3.05) is 7.11 Å². The second kappa shape index (κ2) is 4.03. The van der Waals surface area contributed by atoms with E-state index in [4.69, 9.17) is 21.4 Å². The van der Waals surface area contributed by atoms with Crippen LogP contribution in [0.25, 0.3) is 0 Å². The van der Waals surface area contributed by atoms with Gasteiger partial charge in [-0.15, -0.1) is 12.6 Å². The standard InChI is InChI=1S/C8H9ClO2S/c1-11-8-5(4-10)2-6(9)3-7(8)12/h2-3,10,12H,4H2,1H3. The number of halogens is 1. The van der Waals surface area contributed by atoms with E-state index in [-0.39, 0.29) is 6.61 Å². The van der Waals surface area contributed by atoms with Crippen molar-refractivity contribution in [2.45, 2.75) is 11.5 Å². The van der Waals surface area contributed by atoms with E-state index < -0.39 is 0 Å². The highest BCUT2D eigenvalue weighted by molar-refractivity contribution is 7.80. The molecule has 4 heteroatoms. The van der Waals surface area contributed by atoms with E-state index in [1.54, 1.807) is 12.1 Å². The fraction of sp³-hybridized carbons (Fsp3) is 0.250. The van der Waals surface area contributed by atoms with Gasteiger partial charge in [-0.2, -0.15) is 0 Å². The average Bonchev–Trinajstić information content (AvgIpc) is 2.03. The molecule has 0 heterocycles. The van der Waals surface area contributed by atoms with Gasteiger partial charge in [0.15, 0.2) is 0 Å². The Balaban J connectivity index is 3.24. The minimum absolute atomic E-state index is 0.0999. The summed E-state index contributed by atoms with van der Waals surface area (Å²) in [5.41, 5.74) is 0.648. The Morgan fingerprint density at radius 2 is 2.25 bits per heavy atom. The molecule has 12 heavy (non-hydrogen) atoms. The molecule has 0 aliphatic heterocycles. The molecule has 0 saturated heterocycles. The summed E-state index contributed by atoms with van der Waals surface area (Å²) in [5.74, 6) is 0.574. The predicted octanol–water partition coefficient (Wildman–Crippen LogP) is 2.13. The minimum atomic E-state index is -0.0999. The maximum atomic E-state index is 8.93. The summed E-state index contributed by atoms with van der Waals surface area (Å²) in [7, 11) is 1.53. The van der Waals surface area contributed by atoms with E-state index in [1.807, 2.05) is 0 Å². The first kappa shape index (κ1) is 9.71. The second-order valence-electron chi connectivity index (χ2n) is 2.28. The molecule has 0 aliphatic carbocycles. The summed E-state index contributed by atoms with van der Waals surface area (Å²) in [6.07, 6.45) is 0. The fourth-order valence-electron chi connectivity index (χ4n) is 0.987. The number of ether oxygens (including phenoxy) is 1. The van der Waals surface area contributed by atoms with Crippen LogP contribution in [0.3, 0.4) is 0 Å². The van der Waals surface area contributed by atoms with Crippen LogP contribution < -0.4 is 4.74 Å². The van der Waals surface area contributed by atoms with Crippen molar-refractivity contribution in [1.29, 1.82) is 0 Å². The zero-order valence-corrected chi connectivity index (χ0v) is 8.19. The summed E-state index contributed by atoms with van der Waals surface area (Å²) in [4.78, 5) is 0.633. The number of hydrogen-bond acceptors (Lipinski definition) is 3. The van der Waals surface area contributed by atoms with Gasteiger partial charge in [-0.3, -0.25) is 0 Å². The zero-order valence-electron chi connectivity index (χ0n) is 6.54. The molecule has 0 radical (unpaired) electrons. The summed E-state index contributed by atoms with van der Waals surface area (Å²) in [6.45, 7) is -0.0999. The van der Waals surface area contributed by atoms with Gasteiger partial charge in [-0.05, 0) is 12.1 Å². The van der Waals surface area contributed by atoms with Crippen LogP contribution in [0, 0.1) is 0 Å². The highest BCUT2D eigenvalue weighted by Crippen LogP contribution is 2.30. The van der Waals surface area contributed by atoms with Crippen molar-refractivity contribution in [3.63, 3.8) is 0 Å². The Hall–Kier alpha value is -0.380. The molecule has 66 valence electrons.